The zero-order valence-corrected chi connectivity index (χ0v) is 13.3. The number of nitrogens with zero attached hydrogens (tertiary/aromatic N) is 3. The van der Waals surface area contributed by atoms with Crippen LogP contribution >= 0.6 is 0 Å². The summed E-state index contributed by atoms with van der Waals surface area (Å²) >= 11 is 0. The summed E-state index contributed by atoms with van der Waals surface area (Å²) in [7, 11) is 0. The summed E-state index contributed by atoms with van der Waals surface area (Å²) in [4.78, 5) is 29.5. The Labute approximate surface area is 129 Å². The van der Waals surface area contributed by atoms with Crippen LogP contribution in [0.3, 0.4) is 0 Å². The lowest BCUT2D eigenvalue weighted by atomic mass is 10.3. The van der Waals surface area contributed by atoms with Gasteiger partial charge in [0.05, 0.1) is 6.10 Å². The number of hydrogen-bond donors (Lipinski definition) is 1. The van der Waals surface area contributed by atoms with Crippen molar-refractivity contribution in [2.45, 2.75) is 45.9 Å². The predicted molar refractivity (Wildman–Crippen MR) is 80.6 cm³/mol. The summed E-state index contributed by atoms with van der Waals surface area (Å²) < 4.78 is 6.90. The monoisotopic (exact) mass is 309 g/mol. The fourth-order valence-electron chi connectivity index (χ4n) is 2.75. The number of carbonyl (C=O) groups excluding carboxylic acids is 1. The Morgan fingerprint density at radius 3 is 2.82 bits per heavy atom. The average molecular weight is 309 g/mol. The first-order chi connectivity index (χ1) is 10.4. The standard InChI is InChI=1S/C15H23N3O4/c1-4-22-13-9-17(8-12(13)19)14(20)5-6-18-11(3)7-10(2)16-15(18)21/h7,12-13,19H,4-6,8-9H2,1-3H3/t12-,13-/m1/s1. The summed E-state index contributed by atoms with van der Waals surface area (Å²) in [6, 6.07) is 1.82. The largest absolute Gasteiger partial charge is 0.388 e. The zero-order chi connectivity index (χ0) is 16.3. The van der Waals surface area contributed by atoms with Crippen LogP contribution in [-0.2, 0) is 16.1 Å². The van der Waals surface area contributed by atoms with E-state index in [0.29, 0.717) is 25.4 Å². The highest BCUT2D eigenvalue weighted by Gasteiger charge is 2.34. The second-order valence-corrected chi connectivity index (χ2v) is 5.58. The Hall–Kier alpha value is -1.73. The van der Waals surface area contributed by atoms with Crippen molar-refractivity contribution in [1.82, 2.24) is 14.5 Å². The lowest BCUT2D eigenvalue weighted by Gasteiger charge is -2.17. The van der Waals surface area contributed by atoms with E-state index in [1.54, 1.807) is 11.8 Å². The molecule has 0 aromatic carbocycles. The second-order valence-electron chi connectivity index (χ2n) is 5.58. The Balaban J connectivity index is 1.95. The van der Waals surface area contributed by atoms with Crippen molar-refractivity contribution in [3.05, 3.63) is 27.9 Å². The first-order valence-corrected chi connectivity index (χ1v) is 7.55. The number of aromatic nitrogens is 2. The molecule has 7 nitrogen and oxygen atoms in total. The third kappa shape index (κ3) is 3.72. The summed E-state index contributed by atoms with van der Waals surface area (Å²) in [5.74, 6) is -0.0897. The maximum atomic E-state index is 12.2. The van der Waals surface area contributed by atoms with E-state index in [2.05, 4.69) is 4.98 Å². The van der Waals surface area contributed by atoms with Gasteiger partial charge >= 0.3 is 5.69 Å². The van der Waals surface area contributed by atoms with Crippen LogP contribution in [0.4, 0.5) is 0 Å². The maximum Gasteiger partial charge on any atom is 0.347 e. The van der Waals surface area contributed by atoms with Gasteiger partial charge in [0.25, 0.3) is 0 Å². The van der Waals surface area contributed by atoms with Gasteiger partial charge in [-0.25, -0.2) is 4.79 Å². The molecular formula is C15H23N3O4. The number of aliphatic hydroxyl groups excluding tert-OH is 1. The number of rotatable bonds is 5. The summed E-state index contributed by atoms with van der Waals surface area (Å²) in [6.45, 7) is 6.93. The molecule has 1 N–H and O–H groups in total. The van der Waals surface area contributed by atoms with Crippen molar-refractivity contribution < 1.29 is 14.6 Å². The summed E-state index contributed by atoms with van der Waals surface area (Å²) in [6.07, 6.45) is -0.759. The predicted octanol–water partition coefficient (Wildman–Crippen LogP) is -0.142. The average Bonchev–Trinajstić information content (AvgIpc) is 2.79. The third-order valence-corrected chi connectivity index (χ3v) is 3.87. The van der Waals surface area contributed by atoms with E-state index >= 15 is 0 Å². The second kappa shape index (κ2) is 7.02. The van der Waals surface area contributed by atoms with Crippen molar-refractivity contribution >= 4 is 5.91 Å². The molecule has 0 spiro atoms. The molecule has 7 heteroatoms. The van der Waals surface area contributed by atoms with Crippen LogP contribution in [-0.4, -0.2) is 57.4 Å². The van der Waals surface area contributed by atoms with E-state index in [1.807, 2.05) is 19.9 Å². The van der Waals surface area contributed by atoms with Gasteiger partial charge in [-0.2, -0.15) is 4.98 Å². The van der Waals surface area contributed by atoms with Crippen LogP contribution in [0.5, 0.6) is 0 Å². The molecule has 22 heavy (non-hydrogen) atoms. The van der Waals surface area contributed by atoms with Crippen LogP contribution in [0.15, 0.2) is 10.9 Å². The molecule has 1 amide bonds. The normalized spacial score (nSPS) is 21.4. The third-order valence-electron chi connectivity index (χ3n) is 3.87. The molecule has 1 aromatic heterocycles. The van der Waals surface area contributed by atoms with E-state index in [-0.39, 0.29) is 30.7 Å². The topological polar surface area (TPSA) is 84.7 Å². The van der Waals surface area contributed by atoms with Crippen molar-refractivity contribution in [2.75, 3.05) is 19.7 Å². The number of aryl methyl sites for hydroxylation is 2. The molecule has 1 saturated heterocycles. The van der Waals surface area contributed by atoms with Crippen LogP contribution < -0.4 is 5.69 Å². The summed E-state index contributed by atoms with van der Waals surface area (Å²) in [5, 5.41) is 9.86. The molecule has 1 fully saturated rings. The first kappa shape index (κ1) is 16.6. The van der Waals surface area contributed by atoms with Gasteiger partial charge in [-0.15, -0.1) is 0 Å². The number of β-amino-alcohol motifs (C(OH)–C–C–N with tert-alkyl or cyclic N) is 1. The number of carbonyl (C=O) groups is 1. The Kier molecular flexibility index (Phi) is 5.31. The van der Waals surface area contributed by atoms with E-state index in [4.69, 9.17) is 4.74 Å². The molecule has 1 aliphatic rings. The molecule has 0 unspecified atom stereocenters. The highest BCUT2D eigenvalue weighted by atomic mass is 16.5. The summed E-state index contributed by atoms with van der Waals surface area (Å²) in [5.41, 5.74) is 1.13. The van der Waals surface area contributed by atoms with Gasteiger partial charge < -0.3 is 14.7 Å². The number of ether oxygens (including phenoxy) is 1. The molecule has 0 saturated carbocycles. The Morgan fingerprint density at radius 2 is 2.18 bits per heavy atom. The van der Waals surface area contributed by atoms with E-state index in [1.165, 1.54) is 4.57 Å². The van der Waals surface area contributed by atoms with E-state index in [0.717, 1.165) is 5.69 Å². The van der Waals surface area contributed by atoms with Crippen LogP contribution in [0.2, 0.25) is 0 Å². The number of amides is 1. The minimum atomic E-state index is -0.644. The Bertz CT molecular complexity index is 599. The molecular weight excluding hydrogens is 286 g/mol. The zero-order valence-electron chi connectivity index (χ0n) is 13.3. The minimum absolute atomic E-state index is 0.0897. The van der Waals surface area contributed by atoms with E-state index in [9.17, 15) is 14.7 Å². The highest BCUT2D eigenvalue weighted by Crippen LogP contribution is 2.15. The van der Waals surface area contributed by atoms with E-state index < -0.39 is 6.10 Å². The first-order valence-electron chi connectivity index (χ1n) is 7.55. The van der Waals surface area contributed by atoms with Gasteiger partial charge in [0.1, 0.15) is 6.10 Å². The fourth-order valence-corrected chi connectivity index (χ4v) is 2.75. The quantitative estimate of drug-likeness (QED) is 0.818. The van der Waals surface area contributed by atoms with Crippen molar-refractivity contribution in [1.29, 1.82) is 0 Å². The number of hydrogen-bond acceptors (Lipinski definition) is 5. The molecule has 0 bridgehead atoms. The van der Waals surface area contributed by atoms with Gasteiger partial charge in [0, 0.05) is 44.0 Å². The van der Waals surface area contributed by atoms with Crippen LogP contribution in [0, 0.1) is 13.8 Å². The minimum Gasteiger partial charge on any atom is -0.388 e. The molecule has 0 radical (unpaired) electrons. The molecule has 2 heterocycles. The molecule has 2 atom stereocenters. The van der Waals surface area contributed by atoms with Gasteiger partial charge in [0.2, 0.25) is 5.91 Å². The number of aliphatic hydroxyl groups is 1. The van der Waals surface area contributed by atoms with Crippen LogP contribution in [0.1, 0.15) is 24.7 Å². The van der Waals surface area contributed by atoms with Gasteiger partial charge in [-0.05, 0) is 26.8 Å². The lowest BCUT2D eigenvalue weighted by Crippen LogP contribution is -2.33. The SMILES string of the molecule is CCO[C@@H]1CN(C(=O)CCn2c(C)cc(C)nc2=O)C[C@H]1O. The molecule has 2 rings (SSSR count). The number of likely N-dealkylation sites (tertiary alicyclic amines) is 1. The van der Waals surface area contributed by atoms with Gasteiger partial charge in [-0.1, -0.05) is 0 Å². The van der Waals surface area contributed by atoms with Gasteiger partial charge in [-0.3, -0.25) is 9.36 Å². The van der Waals surface area contributed by atoms with Gasteiger partial charge in [0.15, 0.2) is 0 Å². The fraction of sp³-hybridized carbons (Fsp3) is 0.667. The smallest absolute Gasteiger partial charge is 0.347 e. The van der Waals surface area contributed by atoms with Crippen LogP contribution in [0.25, 0.3) is 0 Å². The molecule has 1 aliphatic heterocycles. The lowest BCUT2D eigenvalue weighted by molar-refractivity contribution is -0.131. The molecule has 122 valence electrons. The highest BCUT2D eigenvalue weighted by molar-refractivity contribution is 5.76. The molecule has 0 aliphatic carbocycles. The maximum absolute atomic E-state index is 12.2. The van der Waals surface area contributed by atoms with Crippen molar-refractivity contribution in [3.8, 4) is 0 Å². The van der Waals surface area contributed by atoms with Crippen molar-refractivity contribution in [2.24, 2.45) is 0 Å². The Morgan fingerprint density at radius 1 is 1.45 bits per heavy atom. The molecule has 1 aromatic rings. The van der Waals surface area contributed by atoms with Crippen molar-refractivity contribution in [3.63, 3.8) is 0 Å².